The molecule has 1 aromatic carbocycles. The molecule has 0 aliphatic heterocycles. The lowest BCUT2D eigenvalue weighted by Crippen LogP contribution is -2.13. The van der Waals surface area contributed by atoms with Crippen molar-refractivity contribution in [2.45, 2.75) is 0 Å². The highest BCUT2D eigenvalue weighted by Gasteiger charge is 2.13. The van der Waals surface area contributed by atoms with Crippen molar-refractivity contribution >= 4 is 11.6 Å². The summed E-state index contributed by atoms with van der Waals surface area (Å²) in [6, 6.07) is 4.21. The van der Waals surface area contributed by atoms with Gasteiger partial charge in [-0.3, -0.25) is 9.78 Å². The van der Waals surface area contributed by atoms with Crippen LogP contribution in [0.25, 0.3) is 0 Å². The zero-order chi connectivity index (χ0) is 13.1. The van der Waals surface area contributed by atoms with Gasteiger partial charge in [-0.2, -0.15) is 0 Å². The van der Waals surface area contributed by atoms with Gasteiger partial charge in [0.05, 0.1) is 17.4 Å². The zero-order valence-electron chi connectivity index (χ0n) is 9.02. The smallest absolute Gasteiger partial charge is 0.259 e. The Morgan fingerprint density at radius 2 is 2.06 bits per heavy atom. The second-order valence-corrected chi connectivity index (χ2v) is 3.47. The van der Waals surface area contributed by atoms with E-state index >= 15 is 0 Å². The fraction of sp³-hybridized carbons (Fsp3) is 0. The molecule has 4 nitrogen and oxygen atoms in total. The van der Waals surface area contributed by atoms with Crippen LogP contribution in [0.2, 0.25) is 0 Å². The number of rotatable bonds is 2. The lowest BCUT2D eigenvalue weighted by Gasteiger charge is -2.07. The quantitative estimate of drug-likeness (QED) is 0.859. The lowest BCUT2D eigenvalue weighted by atomic mass is 10.2. The van der Waals surface area contributed by atoms with Gasteiger partial charge in [0.2, 0.25) is 0 Å². The summed E-state index contributed by atoms with van der Waals surface area (Å²) in [5.41, 5.74) is -0.216. The Kier molecular flexibility index (Phi) is 3.18. The van der Waals surface area contributed by atoms with Gasteiger partial charge in [0.1, 0.15) is 11.6 Å². The molecule has 2 N–H and O–H groups in total. The van der Waals surface area contributed by atoms with Crippen molar-refractivity contribution in [3.63, 3.8) is 0 Å². The monoisotopic (exact) mass is 250 g/mol. The minimum absolute atomic E-state index is 0.0706. The molecular formula is C12H8F2N2O2. The minimum Gasteiger partial charge on any atom is -0.507 e. The van der Waals surface area contributed by atoms with E-state index in [0.29, 0.717) is 0 Å². The zero-order valence-corrected chi connectivity index (χ0v) is 9.02. The van der Waals surface area contributed by atoms with Crippen molar-refractivity contribution in [2.75, 3.05) is 5.32 Å². The van der Waals surface area contributed by atoms with Gasteiger partial charge in [0, 0.05) is 12.3 Å². The van der Waals surface area contributed by atoms with Gasteiger partial charge in [-0.05, 0) is 18.2 Å². The van der Waals surface area contributed by atoms with Crippen molar-refractivity contribution in [2.24, 2.45) is 0 Å². The molecule has 0 spiro atoms. The number of aromatic nitrogens is 1. The maximum absolute atomic E-state index is 13.2. The van der Waals surface area contributed by atoms with E-state index in [-0.39, 0.29) is 11.3 Å². The predicted molar refractivity (Wildman–Crippen MR) is 60.2 cm³/mol. The Hall–Kier alpha value is -2.50. The van der Waals surface area contributed by atoms with Gasteiger partial charge in [-0.15, -0.1) is 0 Å². The second-order valence-electron chi connectivity index (χ2n) is 3.47. The molecule has 0 radical (unpaired) electrons. The average Bonchev–Trinajstić information content (AvgIpc) is 2.32. The Bertz CT molecular complexity index is 602. The summed E-state index contributed by atoms with van der Waals surface area (Å²) in [6.07, 6.45) is 2.25. The molecule has 18 heavy (non-hydrogen) atoms. The standard InChI is InChI=1S/C12H8F2N2O2/c13-7-1-2-8(11(17)5-7)12(18)16-10-3-4-15-6-9(10)14/h1-6,17H,(H,15,16,18). The van der Waals surface area contributed by atoms with Crippen LogP contribution < -0.4 is 5.32 Å². The van der Waals surface area contributed by atoms with E-state index in [1.54, 1.807) is 0 Å². The molecule has 0 saturated carbocycles. The van der Waals surface area contributed by atoms with Gasteiger partial charge in [-0.1, -0.05) is 0 Å². The van der Waals surface area contributed by atoms with E-state index in [0.717, 1.165) is 24.4 Å². The first-order chi connectivity index (χ1) is 8.58. The van der Waals surface area contributed by atoms with Crippen LogP contribution in [0.15, 0.2) is 36.7 Å². The number of nitrogens with zero attached hydrogens (tertiary/aromatic N) is 1. The third kappa shape index (κ3) is 2.42. The van der Waals surface area contributed by atoms with Gasteiger partial charge in [0.15, 0.2) is 5.82 Å². The van der Waals surface area contributed by atoms with Crippen molar-refractivity contribution < 1.29 is 18.7 Å². The summed E-state index contributed by atoms with van der Waals surface area (Å²) in [5, 5.41) is 11.7. The highest BCUT2D eigenvalue weighted by atomic mass is 19.1. The highest BCUT2D eigenvalue weighted by Crippen LogP contribution is 2.20. The third-order valence-electron chi connectivity index (χ3n) is 2.23. The largest absolute Gasteiger partial charge is 0.507 e. The van der Waals surface area contributed by atoms with Crippen molar-refractivity contribution in [1.82, 2.24) is 4.98 Å². The number of anilines is 1. The maximum atomic E-state index is 13.2. The number of hydrogen-bond acceptors (Lipinski definition) is 3. The highest BCUT2D eigenvalue weighted by molar-refractivity contribution is 6.06. The molecule has 6 heteroatoms. The summed E-state index contributed by atoms with van der Waals surface area (Å²) >= 11 is 0. The van der Waals surface area contributed by atoms with Gasteiger partial charge >= 0.3 is 0 Å². The molecule has 0 unspecified atom stereocenters. The molecular weight excluding hydrogens is 242 g/mol. The van der Waals surface area contributed by atoms with E-state index in [4.69, 9.17) is 0 Å². The molecule has 2 rings (SSSR count). The molecule has 0 aliphatic rings. The van der Waals surface area contributed by atoms with Crippen LogP contribution in [-0.4, -0.2) is 16.0 Å². The fourth-order valence-electron chi connectivity index (χ4n) is 1.36. The third-order valence-corrected chi connectivity index (χ3v) is 2.23. The number of hydrogen-bond donors (Lipinski definition) is 2. The van der Waals surface area contributed by atoms with E-state index in [1.165, 1.54) is 12.3 Å². The molecule has 0 saturated heterocycles. The molecule has 0 bridgehead atoms. The van der Waals surface area contributed by atoms with E-state index in [9.17, 15) is 18.7 Å². The van der Waals surface area contributed by atoms with Crippen LogP contribution in [0.3, 0.4) is 0 Å². The second kappa shape index (κ2) is 4.79. The van der Waals surface area contributed by atoms with E-state index in [1.807, 2.05) is 0 Å². The molecule has 92 valence electrons. The Morgan fingerprint density at radius 3 is 2.72 bits per heavy atom. The van der Waals surface area contributed by atoms with Crippen LogP contribution in [0, 0.1) is 11.6 Å². The van der Waals surface area contributed by atoms with Crippen LogP contribution >= 0.6 is 0 Å². The summed E-state index contributed by atoms with van der Waals surface area (Å²) < 4.78 is 26.0. The first-order valence-electron chi connectivity index (χ1n) is 4.97. The Labute approximate surface area is 101 Å². The molecule has 1 amide bonds. The molecule has 1 heterocycles. The lowest BCUT2D eigenvalue weighted by molar-refractivity contribution is 0.102. The number of carbonyl (C=O) groups excluding carboxylic acids is 1. The first kappa shape index (κ1) is 12.0. The van der Waals surface area contributed by atoms with Gasteiger partial charge in [-0.25, -0.2) is 8.78 Å². The fourth-order valence-corrected chi connectivity index (χ4v) is 1.36. The summed E-state index contributed by atoms with van der Waals surface area (Å²) in [4.78, 5) is 15.2. The number of carbonyl (C=O) groups is 1. The molecule has 0 aliphatic carbocycles. The molecule has 2 aromatic rings. The van der Waals surface area contributed by atoms with Crippen LogP contribution in [0.5, 0.6) is 5.75 Å². The normalized spacial score (nSPS) is 10.1. The Morgan fingerprint density at radius 1 is 1.28 bits per heavy atom. The van der Waals surface area contributed by atoms with Crippen LogP contribution in [0.4, 0.5) is 14.5 Å². The molecule has 0 fully saturated rings. The predicted octanol–water partition coefficient (Wildman–Crippen LogP) is 2.32. The first-order valence-corrected chi connectivity index (χ1v) is 4.97. The van der Waals surface area contributed by atoms with Crippen LogP contribution in [-0.2, 0) is 0 Å². The number of phenolic OH excluding ortho intramolecular Hbond substituents is 1. The number of nitrogens with one attached hydrogen (secondary N) is 1. The number of benzene rings is 1. The van der Waals surface area contributed by atoms with E-state index < -0.39 is 23.3 Å². The SMILES string of the molecule is O=C(Nc1ccncc1F)c1ccc(F)cc1O. The molecule has 0 atom stereocenters. The average molecular weight is 250 g/mol. The Balaban J connectivity index is 2.25. The van der Waals surface area contributed by atoms with E-state index in [2.05, 4.69) is 10.3 Å². The number of aromatic hydroxyl groups is 1. The number of pyridine rings is 1. The van der Waals surface area contributed by atoms with Crippen molar-refractivity contribution in [3.05, 3.63) is 53.9 Å². The summed E-state index contributed by atoms with van der Waals surface area (Å²) in [7, 11) is 0. The summed E-state index contributed by atoms with van der Waals surface area (Å²) in [5.74, 6) is -2.62. The number of phenols is 1. The van der Waals surface area contributed by atoms with Crippen molar-refractivity contribution in [3.8, 4) is 5.75 Å². The number of halogens is 2. The topological polar surface area (TPSA) is 62.2 Å². The van der Waals surface area contributed by atoms with Gasteiger partial charge in [0.25, 0.3) is 5.91 Å². The van der Waals surface area contributed by atoms with Crippen molar-refractivity contribution in [1.29, 1.82) is 0 Å². The minimum atomic E-state index is -0.738. The van der Waals surface area contributed by atoms with Gasteiger partial charge < -0.3 is 10.4 Å². The van der Waals surface area contributed by atoms with Crippen LogP contribution in [0.1, 0.15) is 10.4 Å². The maximum Gasteiger partial charge on any atom is 0.259 e. The summed E-state index contributed by atoms with van der Waals surface area (Å²) in [6.45, 7) is 0. The number of amides is 1. The molecule has 1 aromatic heterocycles.